The molecule has 0 aromatic carbocycles. The van der Waals surface area contributed by atoms with Gasteiger partial charge < -0.3 is 10.2 Å². The van der Waals surface area contributed by atoms with Gasteiger partial charge in [0.05, 0.1) is 0 Å². The zero-order valence-corrected chi connectivity index (χ0v) is 4.83. The predicted octanol–water partition coefficient (Wildman–Crippen LogP) is -0.971. The van der Waals surface area contributed by atoms with Crippen LogP contribution in [0.3, 0.4) is 0 Å². The average Bonchev–Trinajstić information content (AvgIpc) is 1.63. The monoisotopic (exact) mass is 180 g/mol. The van der Waals surface area contributed by atoms with E-state index in [1.807, 2.05) is 0 Å². The van der Waals surface area contributed by atoms with E-state index < -0.39 is 11.9 Å². The molecule has 0 aliphatic heterocycles. The third kappa shape index (κ3) is 18.2. The molecule has 0 spiro atoms. The van der Waals surface area contributed by atoms with Crippen LogP contribution in [0.15, 0.2) is 0 Å². The van der Waals surface area contributed by atoms with Crippen LogP contribution in [0.25, 0.3) is 0 Å². The van der Waals surface area contributed by atoms with Gasteiger partial charge in [0.25, 0.3) is 0 Å². The quantitative estimate of drug-likeness (QED) is 0.546. The molecule has 0 amide bonds. The van der Waals surface area contributed by atoms with Crippen LogP contribution in [0.1, 0.15) is 19.3 Å². The Hall–Kier alpha value is 0.940. The molecule has 0 unspecified atom stereocenters. The van der Waals surface area contributed by atoms with Crippen LogP contribution in [-0.4, -0.2) is 81.3 Å². The van der Waals surface area contributed by atoms with Gasteiger partial charge in [-0.05, 0) is 6.42 Å². The van der Waals surface area contributed by atoms with E-state index in [-0.39, 0.29) is 78.4 Å². The Morgan fingerprint density at radius 1 is 0.909 bits per heavy atom. The van der Waals surface area contributed by atoms with Gasteiger partial charge in [0.15, 0.2) is 0 Å². The summed E-state index contributed by atoms with van der Waals surface area (Å²) >= 11 is 0. The molecule has 0 aromatic rings. The second kappa shape index (κ2) is 10.9. The second-order valence-corrected chi connectivity index (χ2v) is 1.64. The standard InChI is InChI=1S/C5H8O4.2Na.2H/c6-4(7)2-1-3-5(8)9;;;;/h1-3H2,(H,6,7)(H,8,9);;;;. The molecule has 0 heterocycles. The molecule has 2 N–H and O–H groups in total. The first-order valence-corrected chi connectivity index (χ1v) is 2.56. The van der Waals surface area contributed by atoms with Crippen LogP contribution in [0, 0.1) is 0 Å². The molecule has 0 aliphatic rings. The Kier molecular flexibility index (Phi) is 17.8. The molecule has 56 valence electrons. The predicted molar refractivity (Wildman–Crippen MR) is 43.4 cm³/mol. The van der Waals surface area contributed by atoms with Gasteiger partial charge >= 0.3 is 71.1 Å². The summed E-state index contributed by atoms with van der Waals surface area (Å²) in [7, 11) is 0. The van der Waals surface area contributed by atoms with Gasteiger partial charge in [0.1, 0.15) is 0 Å². The fraction of sp³-hybridized carbons (Fsp3) is 0.600. The van der Waals surface area contributed by atoms with Crippen molar-refractivity contribution in [3.63, 3.8) is 0 Å². The Morgan fingerprint density at radius 3 is 1.36 bits per heavy atom. The van der Waals surface area contributed by atoms with Crippen molar-refractivity contribution in [2.75, 3.05) is 0 Å². The molecular formula is C5H10Na2O4. The number of carboxylic acid groups (broad SMARTS) is 2. The molecule has 0 bridgehead atoms. The normalized spacial score (nSPS) is 7.27. The summed E-state index contributed by atoms with van der Waals surface area (Å²) in [5, 5.41) is 16.1. The van der Waals surface area contributed by atoms with Gasteiger partial charge in [0, 0.05) is 12.8 Å². The average molecular weight is 180 g/mol. The van der Waals surface area contributed by atoms with E-state index in [2.05, 4.69) is 0 Å². The van der Waals surface area contributed by atoms with Crippen LogP contribution >= 0.6 is 0 Å². The van der Waals surface area contributed by atoms with Gasteiger partial charge in [-0.1, -0.05) is 0 Å². The topological polar surface area (TPSA) is 74.6 Å². The zero-order chi connectivity index (χ0) is 7.28. The van der Waals surface area contributed by atoms with Gasteiger partial charge in [0.2, 0.25) is 0 Å². The summed E-state index contributed by atoms with van der Waals surface area (Å²) in [6, 6.07) is 0. The Bertz CT molecular complexity index is 112. The second-order valence-electron chi connectivity index (χ2n) is 1.64. The number of carboxylic acids is 2. The first-order valence-electron chi connectivity index (χ1n) is 2.56. The zero-order valence-electron chi connectivity index (χ0n) is 4.83. The van der Waals surface area contributed by atoms with Crippen molar-refractivity contribution in [1.82, 2.24) is 0 Å². The molecule has 6 heteroatoms. The Balaban J connectivity index is -0.000000320. The van der Waals surface area contributed by atoms with Crippen molar-refractivity contribution in [2.24, 2.45) is 0 Å². The van der Waals surface area contributed by atoms with Crippen LogP contribution < -0.4 is 0 Å². The maximum atomic E-state index is 9.79. The van der Waals surface area contributed by atoms with E-state index in [1.54, 1.807) is 0 Å². The number of carbonyl (C=O) groups is 2. The molecule has 0 aromatic heterocycles. The molecule has 0 saturated carbocycles. The molecule has 11 heavy (non-hydrogen) atoms. The van der Waals surface area contributed by atoms with Gasteiger partial charge in [-0.3, -0.25) is 9.59 Å². The van der Waals surface area contributed by atoms with Crippen LogP contribution in [-0.2, 0) is 9.59 Å². The maximum absolute atomic E-state index is 9.79. The number of aliphatic carboxylic acids is 2. The summed E-state index contributed by atoms with van der Waals surface area (Å²) in [4.78, 5) is 19.6. The van der Waals surface area contributed by atoms with Crippen LogP contribution in [0.5, 0.6) is 0 Å². The summed E-state index contributed by atoms with van der Waals surface area (Å²) in [5.74, 6) is -1.90. The summed E-state index contributed by atoms with van der Waals surface area (Å²) in [5.41, 5.74) is 0. The van der Waals surface area contributed by atoms with E-state index in [0.29, 0.717) is 0 Å². The molecular weight excluding hydrogens is 170 g/mol. The first kappa shape index (κ1) is 17.9. The van der Waals surface area contributed by atoms with Crippen molar-refractivity contribution in [3.05, 3.63) is 0 Å². The molecule has 0 atom stereocenters. The van der Waals surface area contributed by atoms with Crippen LogP contribution in [0.2, 0.25) is 0 Å². The molecule has 0 saturated heterocycles. The minimum atomic E-state index is -0.948. The van der Waals surface area contributed by atoms with Crippen molar-refractivity contribution < 1.29 is 19.8 Å². The minimum absolute atomic E-state index is 0. The van der Waals surface area contributed by atoms with Crippen molar-refractivity contribution in [2.45, 2.75) is 19.3 Å². The van der Waals surface area contributed by atoms with Crippen molar-refractivity contribution >= 4 is 71.1 Å². The summed E-state index contributed by atoms with van der Waals surface area (Å²) in [6.07, 6.45) is 0.0866. The third-order valence-electron chi connectivity index (χ3n) is 0.781. The van der Waals surface area contributed by atoms with E-state index >= 15 is 0 Å². The van der Waals surface area contributed by atoms with Crippen LogP contribution in [0.4, 0.5) is 0 Å². The third-order valence-corrected chi connectivity index (χ3v) is 0.781. The van der Waals surface area contributed by atoms with Gasteiger partial charge in [-0.25, -0.2) is 0 Å². The van der Waals surface area contributed by atoms with E-state index in [1.165, 1.54) is 0 Å². The molecule has 0 fully saturated rings. The summed E-state index contributed by atoms with van der Waals surface area (Å²) < 4.78 is 0. The van der Waals surface area contributed by atoms with E-state index in [4.69, 9.17) is 10.2 Å². The van der Waals surface area contributed by atoms with Crippen molar-refractivity contribution in [3.8, 4) is 0 Å². The Labute approximate surface area is 109 Å². The fourth-order valence-electron chi connectivity index (χ4n) is 0.391. The van der Waals surface area contributed by atoms with Gasteiger partial charge in [-0.15, -0.1) is 0 Å². The first-order chi connectivity index (χ1) is 4.13. The van der Waals surface area contributed by atoms with Crippen molar-refractivity contribution in [1.29, 1.82) is 0 Å². The van der Waals surface area contributed by atoms with E-state index in [9.17, 15) is 9.59 Å². The molecule has 0 aliphatic carbocycles. The number of hydrogen-bond acceptors (Lipinski definition) is 2. The number of hydrogen-bond donors (Lipinski definition) is 2. The summed E-state index contributed by atoms with van der Waals surface area (Å²) in [6.45, 7) is 0. The number of rotatable bonds is 4. The molecule has 0 rings (SSSR count). The SMILES string of the molecule is O=C(O)CCCC(=O)O.[NaH].[NaH]. The molecule has 4 nitrogen and oxygen atoms in total. The van der Waals surface area contributed by atoms with Gasteiger partial charge in [-0.2, -0.15) is 0 Å². The Morgan fingerprint density at radius 2 is 1.18 bits per heavy atom. The molecule has 0 radical (unpaired) electrons. The fourth-order valence-corrected chi connectivity index (χ4v) is 0.391. The van der Waals surface area contributed by atoms with E-state index in [0.717, 1.165) is 0 Å².